The molecule has 0 bridgehead atoms. The van der Waals surface area contributed by atoms with Crippen LogP contribution < -0.4 is 5.32 Å². The SMILES string of the molecule is CCN1C(=O)C2C(c3ccc(-c4cccc(Cl)c4)cc3)N[C@@](Cc3ccccc3)(C(=O)OC)C2C1=O. The summed E-state index contributed by atoms with van der Waals surface area (Å²) in [6, 6.07) is 24.3. The molecule has 2 aliphatic rings. The number of rotatable bonds is 6. The van der Waals surface area contributed by atoms with Crippen molar-refractivity contribution in [2.24, 2.45) is 11.8 Å². The van der Waals surface area contributed by atoms with Crippen molar-refractivity contribution in [2.45, 2.75) is 24.9 Å². The van der Waals surface area contributed by atoms with Crippen LogP contribution in [0, 0.1) is 11.8 Å². The Morgan fingerprint density at radius 3 is 2.33 bits per heavy atom. The van der Waals surface area contributed by atoms with E-state index in [0.717, 1.165) is 22.3 Å². The first kappa shape index (κ1) is 24.2. The average Bonchev–Trinajstić information content (AvgIpc) is 3.37. The molecular formula is C29H27ClN2O4. The van der Waals surface area contributed by atoms with Gasteiger partial charge in [-0.15, -0.1) is 0 Å². The third-order valence-electron chi connectivity index (χ3n) is 7.36. The Morgan fingerprint density at radius 2 is 1.69 bits per heavy atom. The first-order valence-corrected chi connectivity index (χ1v) is 12.4. The third-order valence-corrected chi connectivity index (χ3v) is 7.60. The van der Waals surface area contributed by atoms with E-state index in [1.807, 2.05) is 78.9 Å². The van der Waals surface area contributed by atoms with E-state index in [1.165, 1.54) is 12.0 Å². The van der Waals surface area contributed by atoms with Gasteiger partial charge in [0.25, 0.3) is 0 Å². The van der Waals surface area contributed by atoms with Gasteiger partial charge in [-0.1, -0.05) is 78.3 Å². The molecule has 2 heterocycles. The molecule has 7 heteroatoms. The monoisotopic (exact) mass is 502 g/mol. The summed E-state index contributed by atoms with van der Waals surface area (Å²) in [6.45, 7) is 2.03. The number of carbonyl (C=O) groups excluding carboxylic acids is 3. The summed E-state index contributed by atoms with van der Waals surface area (Å²) in [6.07, 6.45) is 0.232. The fraction of sp³-hybridized carbons (Fsp3) is 0.276. The van der Waals surface area contributed by atoms with E-state index in [4.69, 9.17) is 16.3 Å². The zero-order valence-corrected chi connectivity index (χ0v) is 20.9. The zero-order valence-electron chi connectivity index (χ0n) is 20.1. The molecule has 2 aliphatic heterocycles. The molecular weight excluding hydrogens is 476 g/mol. The maximum Gasteiger partial charge on any atom is 0.327 e. The topological polar surface area (TPSA) is 75.7 Å². The molecule has 0 spiro atoms. The maximum atomic E-state index is 13.5. The fourth-order valence-corrected chi connectivity index (χ4v) is 5.92. The molecule has 2 saturated heterocycles. The van der Waals surface area contributed by atoms with Crippen LogP contribution >= 0.6 is 11.6 Å². The Labute approximate surface area is 215 Å². The number of esters is 1. The normalized spacial score (nSPS) is 25.2. The largest absolute Gasteiger partial charge is 0.468 e. The molecule has 6 nitrogen and oxygen atoms in total. The lowest BCUT2D eigenvalue weighted by atomic mass is 9.76. The number of fused-ring (bicyclic) bond motifs is 1. The van der Waals surface area contributed by atoms with Gasteiger partial charge in [0.2, 0.25) is 11.8 Å². The molecule has 4 atom stereocenters. The molecule has 3 aromatic rings. The molecule has 184 valence electrons. The van der Waals surface area contributed by atoms with Gasteiger partial charge in [0.05, 0.1) is 18.9 Å². The van der Waals surface area contributed by atoms with Crippen molar-refractivity contribution in [3.63, 3.8) is 0 Å². The second-order valence-electron chi connectivity index (χ2n) is 9.30. The van der Waals surface area contributed by atoms with Crippen LogP contribution in [0.3, 0.4) is 0 Å². The van der Waals surface area contributed by atoms with Crippen LogP contribution in [0.5, 0.6) is 0 Å². The standard InChI is InChI=1S/C29H27ClN2O4/c1-3-32-26(33)23-24(27(32)34)29(28(35)36-2,17-18-8-5-4-6-9-18)31-25(23)20-14-12-19(13-15-20)21-10-7-11-22(30)16-21/h4-16,23-25,31H,3,17H2,1-2H3/t23?,24?,25?,29-/m1/s1. The van der Waals surface area contributed by atoms with Crippen molar-refractivity contribution in [1.29, 1.82) is 0 Å². The van der Waals surface area contributed by atoms with Gasteiger partial charge in [0.15, 0.2) is 0 Å². The highest BCUT2D eigenvalue weighted by atomic mass is 35.5. The average molecular weight is 503 g/mol. The Hall–Kier alpha value is -3.48. The summed E-state index contributed by atoms with van der Waals surface area (Å²) in [7, 11) is 1.32. The van der Waals surface area contributed by atoms with E-state index < -0.39 is 29.4 Å². The summed E-state index contributed by atoms with van der Waals surface area (Å²) in [5.74, 6) is -2.71. The number of benzene rings is 3. The molecule has 3 aromatic carbocycles. The van der Waals surface area contributed by atoms with E-state index >= 15 is 0 Å². The molecule has 2 amide bonds. The Balaban J connectivity index is 1.58. The highest BCUT2D eigenvalue weighted by Crippen LogP contribution is 2.50. The van der Waals surface area contributed by atoms with Gasteiger partial charge in [-0.3, -0.25) is 24.6 Å². The molecule has 0 radical (unpaired) electrons. The number of ether oxygens (including phenoxy) is 1. The number of hydrogen-bond acceptors (Lipinski definition) is 5. The number of methoxy groups -OCH3 is 1. The number of nitrogens with zero attached hydrogens (tertiary/aromatic N) is 1. The molecule has 0 aromatic heterocycles. The van der Waals surface area contributed by atoms with Gasteiger partial charge in [0.1, 0.15) is 5.54 Å². The molecule has 3 unspecified atom stereocenters. The minimum Gasteiger partial charge on any atom is -0.468 e. The van der Waals surface area contributed by atoms with Crippen LogP contribution in [0.1, 0.15) is 24.1 Å². The van der Waals surface area contributed by atoms with Crippen LogP contribution in [-0.2, 0) is 25.5 Å². The number of nitrogens with one attached hydrogen (secondary N) is 1. The summed E-state index contributed by atoms with van der Waals surface area (Å²) < 4.78 is 5.25. The summed E-state index contributed by atoms with van der Waals surface area (Å²) >= 11 is 6.16. The quantitative estimate of drug-likeness (QED) is 0.399. The van der Waals surface area contributed by atoms with Crippen molar-refractivity contribution in [1.82, 2.24) is 10.2 Å². The predicted octanol–water partition coefficient (Wildman–Crippen LogP) is 4.43. The fourth-order valence-electron chi connectivity index (χ4n) is 5.73. The van der Waals surface area contributed by atoms with Crippen molar-refractivity contribution >= 4 is 29.4 Å². The number of halogens is 1. The maximum absolute atomic E-state index is 13.5. The van der Waals surface area contributed by atoms with Crippen LogP contribution in [-0.4, -0.2) is 41.9 Å². The first-order chi connectivity index (χ1) is 17.4. The minimum absolute atomic E-state index is 0.232. The van der Waals surface area contributed by atoms with Crippen LogP contribution in [0.4, 0.5) is 0 Å². The van der Waals surface area contributed by atoms with E-state index in [0.29, 0.717) is 5.02 Å². The third kappa shape index (κ3) is 3.91. The summed E-state index contributed by atoms with van der Waals surface area (Å²) in [5, 5.41) is 4.08. The van der Waals surface area contributed by atoms with Gasteiger partial charge in [-0.2, -0.15) is 0 Å². The Morgan fingerprint density at radius 1 is 0.972 bits per heavy atom. The van der Waals surface area contributed by atoms with E-state index in [9.17, 15) is 14.4 Å². The van der Waals surface area contributed by atoms with E-state index in [2.05, 4.69) is 5.32 Å². The second kappa shape index (κ2) is 9.52. The van der Waals surface area contributed by atoms with Crippen molar-refractivity contribution in [2.75, 3.05) is 13.7 Å². The number of imide groups is 1. The Kier molecular flexibility index (Phi) is 6.41. The minimum atomic E-state index is -1.37. The second-order valence-corrected chi connectivity index (χ2v) is 9.74. The van der Waals surface area contributed by atoms with Gasteiger partial charge in [-0.25, -0.2) is 0 Å². The van der Waals surface area contributed by atoms with Gasteiger partial charge < -0.3 is 4.74 Å². The highest BCUT2D eigenvalue weighted by molar-refractivity contribution is 6.30. The van der Waals surface area contributed by atoms with Crippen LogP contribution in [0.25, 0.3) is 11.1 Å². The van der Waals surface area contributed by atoms with E-state index in [-0.39, 0.29) is 24.8 Å². The lowest BCUT2D eigenvalue weighted by molar-refractivity contribution is -0.154. The number of amides is 2. The number of carbonyl (C=O) groups is 3. The lowest BCUT2D eigenvalue weighted by Crippen LogP contribution is -2.57. The molecule has 36 heavy (non-hydrogen) atoms. The van der Waals surface area contributed by atoms with Gasteiger partial charge >= 0.3 is 5.97 Å². The first-order valence-electron chi connectivity index (χ1n) is 12.0. The zero-order chi connectivity index (χ0) is 25.4. The lowest BCUT2D eigenvalue weighted by Gasteiger charge is -2.32. The van der Waals surface area contributed by atoms with Crippen molar-refractivity contribution in [3.8, 4) is 11.1 Å². The van der Waals surface area contributed by atoms with Crippen molar-refractivity contribution in [3.05, 3.63) is 95.0 Å². The molecule has 5 rings (SSSR count). The van der Waals surface area contributed by atoms with Crippen LogP contribution in [0.2, 0.25) is 5.02 Å². The Bertz CT molecular complexity index is 1310. The van der Waals surface area contributed by atoms with Crippen LogP contribution in [0.15, 0.2) is 78.9 Å². The molecule has 0 aliphatic carbocycles. The highest BCUT2D eigenvalue weighted by Gasteiger charge is 2.68. The molecule has 2 fully saturated rings. The van der Waals surface area contributed by atoms with Crippen molar-refractivity contribution < 1.29 is 19.1 Å². The smallest absolute Gasteiger partial charge is 0.327 e. The molecule has 1 N–H and O–H groups in total. The van der Waals surface area contributed by atoms with Gasteiger partial charge in [0, 0.05) is 24.0 Å². The number of likely N-dealkylation sites (tertiary alicyclic amines) is 1. The van der Waals surface area contributed by atoms with Gasteiger partial charge in [-0.05, 0) is 41.3 Å². The molecule has 0 saturated carbocycles. The summed E-state index contributed by atoms with van der Waals surface area (Å²) in [5.41, 5.74) is 2.29. The predicted molar refractivity (Wildman–Crippen MR) is 137 cm³/mol. The summed E-state index contributed by atoms with van der Waals surface area (Å²) in [4.78, 5) is 41.7. The number of hydrogen-bond donors (Lipinski definition) is 1. The van der Waals surface area contributed by atoms with E-state index in [1.54, 1.807) is 6.92 Å².